The van der Waals surface area contributed by atoms with Gasteiger partial charge in [-0.1, -0.05) is 36.4 Å². The summed E-state index contributed by atoms with van der Waals surface area (Å²) >= 11 is 0. The molecule has 1 heterocycles. The first-order valence-corrected chi connectivity index (χ1v) is 7.34. The van der Waals surface area contributed by atoms with E-state index in [-0.39, 0.29) is 5.91 Å². The number of aromatic nitrogens is 1. The van der Waals surface area contributed by atoms with Crippen molar-refractivity contribution >= 4 is 17.5 Å². The van der Waals surface area contributed by atoms with Crippen LogP contribution in [0.3, 0.4) is 0 Å². The summed E-state index contributed by atoms with van der Waals surface area (Å²) in [6.07, 6.45) is 0.929. The van der Waals surface area contributed by atoms with Gasteiger partial charge in [0.1, 0.15) is 11.6 Å². The van der Waals surface area contributed by atoms with Crippen LogP contribution in [0.15, 0.2) is 48.5 Å². The molecule has 0 fully saturated rings. The topological polar surface area (TPSA) is 57.3 Å². The van der Waals surface area contributed by atoms with Gasteiger partial charge in [-0.3, -0.25) is 9.69 Å². The standard InChI is InChI=1S/C17H22N4O/c1-18-15-9-6-10-16(19-15)20-17(22)13-21(2)12-11-14-7-4-3-5-8-14/h3-10H,11-13H2,1-2H3,(H2,18,19,20,22). The molecule has 0 aliphatic rings. The van der Waals surface area contributed by atoms with E-state index in [4.69, 9.17) is 0 Å². The summed E-state index contributed by atoms with van der Waals surface area (Å²) < 4.78 is 0. The number of nitrogens with zero attached hydrogens (tertiary/aromatic N) is 2. The third-order valence-corrected chi connectivity index (χ3v) is 3.31. The molecular formula is C17H22N4O. The van der Waals surface area contributed by atoms with Crippen LogP contribution in [0.1, 0.15) is 5.56 Å². The van der Waals surface area contributed by atoms with Gasteiger partial charge in [-0.05, 0) is 31.2 Å². The van der Waals surface area contributed by atoms with E-state index < -0.39 is 0 Å². The van der Waals surface area contributed by atoms with Crippen molar-refractivity contribution in [2.75, 3.05) is 37.8 Å². The molecule has 1 aromatic carbocycles. The van der Waals surface area contributed by atoms with Gasteiger partial charge in [-0.25, -0.2) is 4.98 Å². The normalized spacial score (nSPS) is 10.5. The van der Waals surface area contributed by atoms with Gasteiger partial charge >= 0.3 is 0 Å². The molecule has 0 aliphatic carbocycles. The highest BCUT2D eigenvalue weighted by Crippen LogP contribution is 2.08. The summed E-state index contributed by atoms with van der Waals surface area (Å²) in [4.78, 5) is 18.3. The lowest BCUT2D eigenvalue weighted by atomic mass is 10.1. The van der Waals surface area contributed by atoms with Gasteiger partial charge in [0, 0.05) is 13.6 Å². The summed E-state index contributed by atoms with van der Waals surface area (Å²) in [6.45, 7) is 1.18. The van der Waals surface area contributed by atoms with Crippen molar-refractivity contribution in [2.24, 2.45) is 0 Å². The molecular weight excluding hydrogens is 276 g/mol. The van der Waals surface area contributed by atoms with E-state index in [2.05, 4.69) is 27.8 Å². The third-order valence-electron chi connectivity index (χ3n) is 3.31. The largest absolute Gasteiger partial charge is 0.373 e. The Hall–Kier alpha value is -2.40. The number of rotatable bonds is 7. The number of carbonyl (C=O) groups excluding carboxylic acids is 1. The van der Waals surface area contributed by atoms with Gasteiger partial charge in [-0.2, -0.15) is 0 Å². The highest BCUT2D eigenvalue weighted by Gasteiger charge is 2.08. The molecule has 0 atom stereocenters. The van der Waals surface area contributed by atoms with E-state index >= 15 is 0 Å². The van der Waals surface area contributed by atoms with Crippen molar-refractivity contribution in [3.8, 4) is 0 Å². The van der Waals surface area contributed by atoms with Gasteiger partial charge in [0.2, 0.25) is 5.91 Å². The van der Waals surface area contributed by atoms with Crippen molar-refractivity contribution < 1.29 is 4.79 Å². The maximum Gasteiger partial charge on any atom is 0.239 e. The summed E-state index contributed by atoms with van der Waals surface area (Å²) in [6, 6.07) is 15.7. The number of hydrogen-bond donors (Lipinski definition) is 2. The van der Waals surface area contributed by atoms with Gasteiger partial charge in [0.25, 0.3) is 0 Å². The van der Waals surface area contributed by atoms with Gasteiger partial charge < -0.3 is 10.6 Å². The Kier molecular flexibility index (Phi) is 5.91. The number of likely N-dealkylation sites (N-methyl/N-ethyl adjacent to an activating group) is 1. The Labute approximate surface area is 131 Å². The first kappa shape index (κ1) is 16.0. The number of amides is 1. The molecule has 0 aliphatic heterocycles. The smallest absolute Gasteiger partial charge is 0.239 e. The van der Waals surface area contributed by atoms with Crippen LogP contribution in [0.25, 0.3) is 0 Å². The molecule has 116 valence electrons. The van der Waals surface area contributed by atoms with Crippen LogP contribution in [0, 0.1) is 0 Å². The first-order valence-electron chi connectivity index (χ1n) is 7.34. The highest BCUT2D eigenvalue weighted by molar-refractivity contribution is 5.91. The molecule has 0 saturated carbocycles. The van der Waals surface area contributed by atoms with Crippen molar-refractivity contribution in [2.45, 2.75) is 6.42 Å². The molecule has 5 nitrogen and oxygen atoms in total. The number of pyridine rings is 1. The molecule has 0 radical (unpaired) electrons. The average molecular weight is 298 g/mol. The van der Waals surface area contributed by atoms with Crippen LogP contribution in [0.5, 0.6) is 0 Å². The highest BCUT2D eigenvalue weighted by atomic mass is 16.2. The molecule has 2 N–H and O–H groups in total. The van der Waals surface area contributed by atoms with Crippen molar-refractivity contribution in [3.05, 3.63) is 54.1 Å². The summed E-state index contributed by atoms with van der Waals surface area (Å²) in [7, 11) is 3.74. The molecule has 2 rings (SSSR count). The molecule has 0 bridgehead atoms. The Morgan fingerprint density at radius 1 is 1.09 bits per heavy atom. The minimum absolute atomic E-state index is 0.0590. The minimum Gasteiger partial charge on any atom is -0.373 e. The van der Waals surface area contributed by atoms with Crippen molar-refractivity contribution in [1.29, 1.82) is 0 Å². The Balaban J connectivity index is 1.78. The molecule has 1 amide bonds. The van der Waals surface area contributed by atoms with Crippen LogP contribution < -0.4 is 10.6 Å². The Morgan fingerprint density at radius 2 is 1.82 bits per heavy atom. The fourth-order valence-electron chi connectivity index (χ4n) is 2.11. The predicted molar refractivity (Wildman–Crippen MR) is 90.1 cm³/mol. The van der Waals surface area contributed by atoms with E-state index in [0.717, 1.165) is 18.8 Å². The van der Waals surface area contributed by atoms with Crippen LogP contribution >= 0.6 is 0 Å². The number of benzene rings is 1. The molecule has 5 heteroatoms. The van der Waals surface area contributed by atoms with Crippen LogP contribution in [0.4, 0.5) is 11.6 Å². The lowest BCUT2D eigenvalue weighted by molar-refractivity contribution is -0.117. The van der Waals surface area contributed by atoms with Gasteiger partial charge in [0.05, 0.1) is 6.54 Å². The molecule has 0 saturated heterocycles. The fraction of sp³-hybridized carbons (Fsp3) is 0.294. The monoisotopic (exact) mass is 298 g/mol. The van der Waals surface area contributed by atoms with E-state index in [9.17, 15) is 4.79 Å². The zero-order valence-corrected chi connectivity index (χ0v) is 13.0. The van der Waals surface area contributed by atoms with Crippen molar-refractivity contribution in [3.63, 3.8) is 0 Å². The maximum absolute atomic E-state index is 12.0. The number of nitrogens with one attached hydrogen (secondary N) is 2. The quantitative estimate of drug-likeness (QED) is 0.823. The average Bonchev–Trinajstić information content (AvgIpc) is 2.54. The maximum atomic E-state index is 12.0. The molecule has 0 unspecified atom stereocenters. The minimum atomic E-state index is -0.0590. The van der Waals surface area contributed by atoms with Crippen LogP contribution in [-0.2, 0) is 11.2 Å². The van der Waals surface area contributed by atoms with E-state index in [0.29, 0.717) is 12.4 Å². The van der Waals surface area contributed by atoms with Crippen molar-refractivity contribution in [1.82, 2.24) is 9.88 Å². The zero-order chi connectivity index (χ0) is 15.8. The van der Waals surface area contributed by atoms with E-state index in [1.807, 2.05) is 42.3 Å². The fourth-order valence-corrected chi connectivity index (χ4v) is 2.11. The lowest BCUT2D eigenvalue weighted by Crippen LogP contribution is -2.31. The van der Waals surface area contributed by atoms with Crippen LogP contribution in [0.2, 0.25) is 0 Å². The molecule has 2 aromatic rings. The second kappa shape index (κ2) is 8.14. The number of anilines is 2. The number of carbonyl (C=O) groups is 1. The summed E-state index contributed by atoms with van der Waals surface area (Å²) in [5.41, 5.74) is 1.28. The summed E-state index contributed by atoms with van der Waals surface area (Å²) in [5.74, 6) is 1.24. The predicted octanol–water partition coefficient (Wildman–Crippen LogP) is 2.24. The van der Waals surface area contributed by atoms with E-state index in [1.54, 1.807) is 13.1 Å². The van der Waals surface area contributed by atoms with Crippen LogP contribution in [-0.4, -0.2) is 43.0 Å². The lowest BCUT2D eigenvalue weighted by Gasteiger charge is -2.16. The molecule has 22 heavy (non-hydrogen) atoms. The third kappa shape index (κ3) is 5.18. The van der Waals surface area contributed by atoms with Gasteiger partial charge in [0.15, 0.2) is 0 Å². The number of hydrogen-bond acceptors (Lipinski definition) is 4. The molecule has 0 spiro atoms. The summed E-state index contributed by atoms with van der Waals surface area (Å²) in [5, 5.41) is 5.76. The SMILES string of the molecule is CNc1cccc(NC(=O)CN(C)CCc2ccccc2)n1. The molecule has 1 aromatic heterocycles. The Morgan fingerprint density at radius 3 is 2.55 bits per heavy atom. The van der Waals surface area contributed by atoms with E-state index in [1.165, 1.54) is 5.56 Å². The zero-order valence-electron chi connectivity index (χ0n) is 13.0. The first-order chi connectivity index (χ1) is 10.7. The second-order valence-electron chi connectivity index (χ2n) is 5.18. The second-order valence-corrected chi connectivity index (χ2v) is 5.18. The Bertz CT molecular complexity index is 601. The van der Waals surface area contributed by atoms with Gasteiger partial charge in [-0.15, -0.1) is 0 Å².